The number of hydrogen-bond acceptors (Lipinski definition) is 10. The first-order chi connectivity index (χ1) is 16.2. The molecule has 0 unspecified atom stereocenters. The predicted octanol–water partition coefficient (Wildman–Crippen LogP) is 3.36. The van der Waals surface area contributed by atoms with E-state index in [9.17, 15) is 31.0 Å². The summed E-state index contributed by atoms with van der Waals surface area (Å²) in [5.41, 5.74) is 1.52. The average Bonchev–Trinajstić information content (AvgIpc) is 2.82. The van der Waals surface area contributed by atoms with Gasteiger partial charge in [-0.3, -0.25) is 20.8 Å². The SMILES string of the molecule is COc1cc(C=Cc2cc(C=Cc3ccc([O-])c(OC)c3)c(N(O)O)cc2N(O)O)ccc1[O-]. The molecule has 0 aliphatic heterocycles. The standard InChI is InChI=1S/C24H24N2O8/c1-33-23-11-15(5-9-21(23)27)3-7-17-13-18(20(26(31)32)14-19(17)25(29)30)8-4-16-6-10-22(28)24(12-16)34-2/h3-14,27-32H,1-2H3/p-2. The normalized spacial score (nSPS) is 11.2. The number of methoxy groups -OCH3 is 2. The second-order valence-corrected chi connectivity index (χ2v) is 7.04. The van der Waals surface area contributed by atoms with Crippen LogP contribution < -0.4 is 30.1 Å². The molecule has 0 fully saturated rings. The van der Waals surface area contributed by atoms with Crippen LogP contribution >= 0.6 is 0 Å². The molecule has 0 atom stereocenters. The van der Waals surface area contributed by atoms with E-state index in [1.165, 1.54) is 44.6 Å². The number of hydrogen-bond donors (Lipinski definition) is 4. The minimum absolute atomic E-state index is 0.152. The molecule has 0 aliphatic carbocycles. The summed E-state index contributed by atoms with van der Waals surface area (Å²) in [6, 6.07) is 11.5. The van der Waals surface area contributed by atoms with Crippen LogP contribution in [0, 0.1) is 0 Å². The molecule has 3 aromatic carbocycles. The van der Waals surface area contributed by atoms with Crippen molar-refractivity contribution in [1.29, 1.82) is 0 Å². The lowest BCUT2D eigenvalue weighted by atomic mass is 10.0. The van der Waals surface area contributed by atoms with Crippen LogP contribution in [-0.4, -0.2) is 35.0 Å². The van der Waals surface area contributed by atoms with Crippen LogP contribution in [0.2, 0.25) is 0 Å². The van der Waals surface area contributed by atoms with Crippen molar-refractivity contribution < 1.29 is 40.5 Å². The van der Waals surface area contributed by atoms with E-state index in [4.69, 9.17) is 9.47 Å². The smallest absolute Gasteiger partial charge is 0.111 e. The fraction of sp³-hybridized carbons (Fsp3) is 0.0833. The molecule has 178 valence electrons. The molecule has 0 spiro atoms. The molecule has 0 amide bonds. The van der Waals surface area contributed by atoms with Crippen molar-refractivity contribution in [2.24, 2.45) is 0 Å². The van der Waals surface area contributed by atoms with Crippen molar-refractivity contribution in [2.45, 2.75) is 0 Å². The number of anilines is 2. The van der Waals surface area contributed by atoms with Crippen LogP contribution in [0.15, 0.2) is 48.5 Å². The molecule has 4 N–H and O–H groups in total. The topological polar surface area (TPSA) is 152 Å². The molecule has 3 aromatic rings. The number of rotatable bonds is 8. The lowest BCUT2D eigenvalue weighted by Gasteiger charge is -2.18. The molecular formula is C24H22N2O8-2. The van der Waals surface area contributed by atoms with E-state index in [1.54, 1.807) is 36.4 Å². The Balaban J connectivity index is 2.05. The van der Waals surface area contributed by atoms with Gasteiger partial charge in [-0.25, -0.2) is 0 Å². The van der Waals surface area contributed by atoms with Gasteiger partial charge in [0.2, 0.25) is 0 Å². The van der Waals surface area contributed by atoms with Gasteiger partial charge in [-0.1, -0.05) is 60.1 Å². The Hall–Kier alpha value is -4.22. The zero-order valence-corrected chi connectivity index (χ0v) is 18.2. The van der Waals surface area contributed by atoms with Gasteiger partial charge in [-0.2, -0.15) is 0 Å². The summed E-state index contributed by atoms with van der Waals surface area (Å²) < 4.78 is 10.1. The highest BCUT2D eigenvalue weighted by molar-refractivity contribution is 5.85. The van der Waals surface area contributed by atoms with Crippen molar-refractivity contribution in [3.63, 3.8) is 0 Å². The monoisotopic (exact) mass is 466 g/mol. The number of ether oxygens (including phenoxy) is 2. The minimum atomic E-state index is -0.276. The summed E-state index contributed by atoms with van der Waals surface area (Å²) >= 11 is 0. The fourth-order valence-corrected chi connectivity index (χ4v) is 3.17. The van der Waals surface area contributed by atoms with Crippen molar-refractivity contribution >= 4 is 35.7 Å². The summed E-state index contributed by atoms with van der Waals surface area (Å²) in [7, 11) is 2.76. The molecule has 34 heavy (non-hydrogen) atoms. The largest absolute Gasteiger partial charge is 0.870 e. The Kier molecular flexibility index (Phi) is 7.61. The van der Waals surface area contributed by atoms with Crippen molar-refractivity contribution in [1.82, 2.24) is 0 Å². The van der Waals surface area contributed by atoms with E-state index >= 15 is 0 Å². The van der Waals surface area contributed by atoms with Crippen molar-refractivity contribution in [3.05, 3.63) is 70.8 Å². The lowest BCUT2D eigenvalue weighted by molar-refractivity contribution is -0.270. The zero-order valence-electron chi connectivity index (χ0n) is 18.2. The first kappa shape index (κ1) is 24.4. The molecule has 0 heterocycles. The third-order valence-corrected chi connectivity index (χ3v) is 4.89. The van der Waals surface area contributed by atoms with Gasteiger partial charge in [0.05, 0.1) is 14.2 Å². The summed E-state index contributed by atoms with van der Waals surface area (Å²) in [6.07, 6.45) is 6.32. The number of nitrogens with zero attached hydrogens (tertiary/aromatic N) is 2. The van der Waals surface area contributed by atoms with Crippen LogP contribution in [-0.2, 0) is 0 Å². The van der Waals surface area contributed by atoms with Gasteiger partial charge in [0.15, 0.2) is 0 Å². The molecule has 0 aliphatic rings. The average molecular weight is 466 g/mol. The Morgan fingerprint density at radius 1 is 0.618 bits per heavy atom. The van der Waals surface area contributed by atoms with Crippen LogP contribution in [0.25, 0.3) is 24.3 Å². The Morgan fingerprint density at radius 2 is 1.03 bits per heavy atom. The van der Waals surface area contributed by atoms with Gasteiger partial charge in [0.1, 0.15) is 22.9 Å². The van der Waals surface area contributed by atoms with E-state index in [0.717, 1.165) is 6.07 Å². The highest BCUT2D eigenvalue weighted by Gasteiger charge is 2.14. The minimum Gasteiger partial charge on any atom is -0.870 e. The molecule has 10 heteroatoms. The molecule has 0 saturated carbocycles. The molecule has 0 saturated heterocycles. The molecule has 0 bridgehead atoms. The molecule has 10 nitrogen and oxygen atoms in total. The summed E-state index contributed by atoms with van der Waals surface area (Å²) in [4.78, 5) is 0. The van der Waals surface area contributed by atoms with E-state index < -0.39 is 0 Å². The van der Waals surface area contributed by atoms with Crippen LogP contribution in [0.3, 0.4) is 0 Å². The predicted molar refractivity (Wildman–Crippen MR) is 121 cm³/mol. The maximum absolute atomic E-state index is 11.7. The van der Waals surface area contributed by atoms with Crippen LogP contribution in [0.5, 0.6) is 23.0 Å². The zero-order chi connectivity index (χ0) is 24.8. The first-order valence-corrected chi connectivity index (χ1v) is 9.83. The highest BCUT2D eigenvalue weighted by atomic mass is 16.8. The van der Waals surface area contributed by atoms with Gasteiger partial charge in [0, 0.05) is 11.1 Å². The van der Waals surface area contributed by atoms with E-state index in [2.05, 4.69) is 0 Å². The quantitative estimate of drug-likeness (QED) is 0.287. The summed E-state index contributed by atoms with van der Waals surface area (Å²) in [6.45, 7) is 0. The second kappa shape index (κ2) is 10.6. The van der Waals surface area contributed by atoms with E-state index in [1.807, 2.05) is 0 Å². The van der Waals surface area contributed by atoms with Gasteiger partial charge < -0.3 is 19.7 Å². The van der Waals surface area contributed by atoms with Gasteiger partial charge in [-0.05, 0) is 35.4 Å². The van der Waals surface area contributed by atoms with E-state index in [0.29, 0.717) is 22.3 Å². The maximum Gasteiger partial charge on any atom is 0.111 e. The first-order valence-electron chi connectivity index (χ1n) is 9.83. The lowest BCUT2D eigenvalue weighted by Crippen LogP contribution is -2.17. The number of benzene rings is 3. The van der Waals surface area contributed by atoms with E-state index in [-0.39, 0.29) is 44.8 Å². The fourth-order valence-electron chi connectivity index (χ4n) is 3.17. The Morgan fingerprint density at radius 3 is 1.38 bits per heavy atom. The maximum atomic E-state index is 11.7. The molecule has 3 rings (SSSR count). The van der Waals surface area contributed by atoms with Gasteiger partial charge >= 0.3 is 0 Å². The molecular weight excluding hydrogens is 444 g/mol. The third kappa shape index (κ3) is 5.57. The van der Waals surface area contributed by atoms with Crippen LogP contribution in [0.4, 0.5) is 11.4 Å². The Labute approximate surface area is 195 Å². The summed E-state index contributed by atoms with van der Waals surface area (Å²) in [5, 5.41) is 61.7. The summed E-state index contributed by atoms with van der Waals surface area (Å²) in [5.74, 6) is -0.241. The molecule has 0 aromatic heterocycles. The van der Waals surface area contributed by atoms with Crippen LogP contribution in [0.1, 0.15) is 22.3 Å². The third-order valence-electron chi connectivity index (χ3n) is 4.89. The van der Waals surface area contributed by atoms with Gasteiger partial charge in [-0.15, -0.1) is 10.5 Å². The second-order valence-electron chi connectivity index (χ2n) is 7.04. The van der Waals surface area contributed by atoms with Crippen molar-refractivity contribution in [2.75, 3.05) is 24.7 Å². The van der Waals surface area contributed by atoms with Gasteiger partial charge in [0.25, 0.3) is 0 Å². The Bertz CT molecular complexity index is 1130. The van der Waals surface area contributed by atoms with Crippen molar-refractivity contribution in [3.8, 4) is 23.0 Å². The molecule has 0 radical (unpaired) electrons. The highest BCUT2D eigenvalue weighted by Crippen LogP contribution is 2.33.